The van der Waals surface area contributed by atoms with Crippen LogP contribution in [0.15, 0.2) is 24.4 Å². The first-order chi connectivity index (χ1) is 13.8. The van der Waals surface area contributed by atoms with Crippen molar-refractivity contribution in [2.24, 2.45) is 0 Å². The van der Waals surface area contributed by atoms with Crippen LogP contribution in [0.5, 0.6) is 0 Å². The zero-order valence-corrected chi connectivity index (χ0v) is 16.7. The number of nitro benzene ring substituents is 1. The molecule has 3 heterocycles. The molecule has 9 heteroatoms. The van der Waals surface area contributed by atoms with Gasteiger partial charge in [0, 0.05) is 56.1 Å². The third-order valence-electron chi connectivity index (χ3n) is 5.76. The Morgan fingerprint density at radius 2 is 2.17 bits per heavy atom. The first kappa shape index (κ1) is 19.3. The maximum absolute atomic E-state index is 13.2. The van der Waals surface area contributed by atoms with E-state index in [1.807, 2.05) is 19.0 Å². The third kappa shape index (κ3) is 3.21. The predicted molar refractivity (Wildman–Crippen MR) is 106 cm³/mol. The highest BCUT2D eigenvalue weighted by atomic mass is 16.6. The SMILES string of the molecule is Cc1c(C(=O)N2CC[C@@]3(COCc4cnc(N(C)C)nc43)C2)cccc1[N+](=O)[O-]. The molecule has 2 aliphatic rings. The van der Waals surface area contributed by atoms with E-state index in [0.717, 1.165) is 17.7 Å². The molecule has 0 bridgehead atoms. The number of carbonyl (C=O) groups is 1. The van der Waals surface area contributed by atoms with E-state index < -0.39 is 4.92 Å². The molecule has 1 aromatic carbocycles. The standard InChI is InChI=1S/C20H23N5O4/c1-13-15(5-4-6-16(13)25(27)28)18(26)24-8-7-20(11-24)12-29-10-14-9-21-19(23(2)3)22-17(14)20/h4-6,9H,7-8,10-12H2,1-3H3/t20-/m0/s1. The van der Waals surface area contributed by atoms with Crippen LogP contribution in [0.1, 0.15) is 33.6 Å². The van der Waals surface area contributed by atoms with Crippen LogP contribution in [0.3, 0.4) is 0 Å². The lowest BCUT2D eigenvalue weighted by Gasteiger charge is -2.34. The molecule has 1 spiro atoms. The van der Waals surface area contributed by atoms with E-state index in [1.54, 1.807) is 30.2 Å². The molecule has 1 fully saturated rings. The molecule has 0 aliphatic carbocycles. The lowest BCUT2D eigenvalue weighted by Crippen LogP contribution is -2.42. The fourth-order valence-corrected chi connectivity index (χ4v) is 4.18. The molecule has 0 radical (unpaired) electrons. The predicted octanol–water partition coefficient (Wildman–Crippen LogP) is 2.07. The molecule has 0 N–H and O–H groups in total. The molecule has 1 saturated heterocycles. The zero-order chi connectivity index (χ0) is 20.8. The Bertz CT molecular complexity index is 993. The number of amides is 1. The number of nitrogens with zero attached hydrogens (tertiary/aromatic N) is 5. The summed E-state index contributed by atoms with van der Waals surface area (Å²) in [5.41, 5.74) is 2.22. The fourth-order valence-electron chi connectivity index (χ4n) is 4.18. The van der Waals surface area contributed by atoms with Gasteiger partial charge in [-0.15, -0.1) is 0 Å². The quantitative estimate of drug-likeness (QED) is 0.577. The molecule has 2 aromatic rings. The van der Waals surface area contributed by atoms with Gasteiger partial charge in [-0.1, -0.05) is 6.07 Å². The summed E-state index contributed by atoms with van der Waals surface area (Å²) < 4.78 is 5.82. The third-order valence-corrected chi connectivity index (χ3v) is 5.76. The Hall–Kier alpha value is -3.07. The number of benzene rings is 1. The molecule has 152 valence electrons. The van der Waals surface area contributed by atoms with Gasteiger partial charge in [-0.3, -0.25) is 14.9 Å². The molecule has 0 unspecified atom stereocenters. The van der Waals surface area contributed by atoms with Crippen molar-refractivity contribution in [3.63, 3.8) is 0 Å². The highest BCUT2D eigenvalue weighted by Gasteiger charge is 2.46. The number of hydrogen-bond acceptors (Lipinski definition) is 7. The van der Waals surface area contributed by atoms with Crippen LogP contribution in [0.4, 0.5) is 11.6 Å². The lowest BCUT2D eigenvalue weighted by atomic mass is 9.80. The molecule has 4 rings (SSSR count). The van der Waals surface area contributed by atoms with Crippen LogP contribution >= 0.6 is 0 Å². The Balaban J connectivity index is 1.65. The van der Waals surface area contributed by atoms with Crippen molar-refractivity contribution in [3.05, 3.63) is 56.9 Å². The first-order valence-corrected chi connectivity index (χ1v) is 9.47. The monoisotopic (exact) mass is 397 g/mol. The summed E-state index contributed by atoms with van der Waals surface area (Å²) in [7, 11) is 3.78. The van der Waals surface area contributed by atoms with E-state index >= 15 is 0 Å². The largest absolute Gasteiger partial charge is 0.376 e. The second-order valence-electron chi connectivity index (χ2n) is 7.89. The summed E-state index contributed by atoms with van der Waals surface area (Å²) in [5.74, 6) is 0.432. The van der Waals surface area contributed by atoms with E-state index in [-0.39, 0.29) is 17.0 Å². The highest BCUT2D eigenvalue weighted by Crippen LogP contribution is 2.40. The van der Waals surface area contributed by atoms with Crippen molar-refractivity contribution < 1.29 is 14.5 Å². The van der Waals surface area contributed by atoms with Gasteiger partial charge in [0.1, 0.15) is 0 Å². The Morgan fingerprint density at radius 1 is 1.38 bits per heavy atom. The number of fused-ring (bicyclic) bond motifs is 2. The van der Waals surface area contributed by atoms with Crippen LogP contribution in [-0.2, 0) is 16.8 Å². The van der Waals surface area contributed by atoms with Gasteiger partial charge < -0.3 is 14.5 Å². The number of ether oxygens (including phenoxy) is 1. The van der Waals surface area contributed by atoms with Crippen LogP contribution in [0.2, 0.25) is 0 Å². The van der Waals surface area contributed by atoms with E-state index in [4.69, 9.17) is 9.72 Å². The first-order valence-electron chi connectivity index (χ1n) is 9.47. The molecule has 1 atom stereocenters. The summed E-state index contributed by atoms with van der Waals surface area (Å²) in [6.07, 6.45) is 2.53. The van der Waals surface area contributed by atoms with Gasteiger partial charge in [0.15, 0.2) is 0 Å². The zero-order valence-electron chi connectivity index (χ0n) is 16.7. The summed E-state index contributed by atoms with van der Waals surface area (Å²) >= 11 is 0. The Labute approximate surface area is 168 Å². The Morgan fingerprint density at radius 3 is 2.90 bits per heavy atom. The molecule has 29 heavy (non-hydrogen) atoms. The summed E-state index contributed by atoms with van der Waals surface area (Å²) in [4.78, 5) is 36.7. The molecule has 0 saturated carbocycles. The number of aromatic nitrogens is 2. The topological polar surface area (TPSA) is 102 Å². The molecule has 9 nitrogen and oxygen atoms in total. The molecular weight excluding hydrogens is 374 g/mol. The second-order valence-corrected chi connectivity index (χ2v) is 7.89. The normalized spacial score (nSPS) is 20.6. The summed E-state index contributed by atoms with van der Waals surface area (Å²) in [6, 6.07) is 4.62. The second kappa shape index (κ2) is 7.07. The number of hydrogen-bond donors (Lipinski definition) is 0. The molecule has 1 amide bonds. The average Bonchev–Trinajstić information content (AvgIpc) is 3.12. The number of rotatable bonds is 3. The number of anilines is 1. The van der Waals surface area contributed by atoms with Gasteiger partial charge in [-0.05, 0) is 19.4 Å². The van der Waals surface area contributed by atoms with E-state index in [2.05, 4.69) is 4.98 Å². The van der Waals surface area contributed by atoms with Gasteiger partial charge in [0.05, 0.1) is 29.2 Å². The Kier molecular flexibility index (Phi) is 4.70. The van der Waals surface area contributed by atoms with Gasteiger partial charge in [-0.25, -0.2) is 9.97 Å². The van der Waals surface area contributed by atoms with Crippen molar-refractivity contribution in [2.45, 2.75) is 25.4 Å². The van der Waals surface area contributed by atoms with Crippen molar-refractivity contribution in [2.75, 3.05) is 38.7 Å². The summed E-state index contributed by atoms with van der Waals surface area (Å²) in [5, 5.41) is 11.2. The van der Waals surface area contributed by atoms with E-state index in [9.17, 15) is 14.9 Å². The van der Waals surface area contributed by atoms with Crippen molar-refractivity contribution in [3.8, 4) is 0 Å². The number of carbonyl (C=O) groups excluding carboxylic acids is 1. The number of likely N-dealkylation sites (tertiary alicyclic amines) is 1. The minimum Gasteiger partial charge on any atom is -0.376 e. The van der Waals surface area contributed by atoms with Gasteiger partial charge in [0.25, 0.3) is 11.6 Å². The maximum atomic E-state index is 13.2. The van der Waals surface area contributed by atoms with Crippen LogP contribution in [0, 0.1) is 17.0 Å². The lowest BCUT2D eigenvalue weighted by molar-refractivity contribution is -0.385. The van der Waals surface area contributed by atoms with Crippen molar-refractivity contribution in [1.29, 1.82) is 0 Å². The minimum absolute atomic E-state index is 0.0422. The van der Waals surface area contributed by atoms with Gasteiger partial charge in [0.2, 0.25) is 5.95 Å². The van der Waals surface area contributed by atoms with E-state index in [1.165, 1.54) is 6.07 Å². The smallest absolute Gasteiger partial charge is 0.273 e. The van der Waals surface area contributed by atoms with Crippen molar-refractivity contribution in [1.82, 2.24) is 14.9 Å². The fraction of sp³-hybridized carbons (Fsp3) is 0.450. The van der Waals surface area contributed by atoms with E-state index in [0.29, 0.717) is 43.4 Å². The van der Waals surface area contributed by atoms with Gasteiger partial charge >= 0.3 is 0 Å². The number of nitro groups is 1. The maximum Gasteiger partial charge on any atom is 0.273 e. The molecule has 1 aromatic heterocycles. The van der Waals surface area contributed by atoms with Gasteiger partial charge in [-0.2, -0.15) is 0 Å². The van der Waals surface area contributed by atoms with Crippen LogP contribution in [0.25, 0.3) is 0 Å². The molecule has 2 aliphatic heterocycles. The van der Waals surface area contributed by atoms with Crippen LogP contribution < -0.4 is 4.90 Å². The minimum atomic E-state index is -0.456. The van der Waals surface area contributed by atoms with Crippen molar-refractivity contribution >= 4 is 17.5 Å². The molecular formula is C20H23N5O4. The van der Waals surface area contributed by atoms with Crippen LogP contribution in [-0.4, -0.2) is 59.5 Å². The highest BCUT2D eigenvalue weighted by molar-refractivity contribution is 5.97. The average molecular weight is 397 g/mol. The summed E-state index contributed by atoms with van der Waals surface area (Å²) in [6.45, 7) is 3.58.